The molecule has 0 bridgehead atoms. The third kappa shape index (κ3) is 5.38. The molecular formula is C11H12N2O5S. The number of thioether (sulfide) groups is 1. The second kappa shape index (κ2) is 7.37. The molecule has 0 fully saturated rings. The molecule has 2 N–H and O–H groups in total. The van der Waals surface area contributed by atoms with E-state index in [0.29, 0.717) is 5.75 Å². The van der Waals surface area contributed by atoms with Crippen LogP contribution in [0.2, 0.25) is 0 Å². The van der Waals surface area contributed by atoms with Gasteiger partial charge in [-0.05, 0) is 6.07 Å². The van der Waals surface area contributed by atoms with Crippen molar-refractivity contribution < 1.29 is 19.6 Å². The molecule has 0 saturated carbocycles. The Labute approximate surface area is 113 Å². The fourth-order valence-electron chi connectivity index (χ4n) is 1.25. The number of amides is 1. The first kappa shape index (κ1) is 15.0. The van der Waals surface area contributed by atoms with Crippen molar-refractivity contribution in [3.05, 3.63) is 34.4 Å². The van der Waals surface area contributed by atoms with E-state index in [9.17, 15) is 19.7 Å². The van der Waals surface area contributed by atoms with Gasteiger partial charge in [-0.25, -0.2) is 0 Å². The molecule has 7 nitrogen and oxygen atoms in total. The second-order valence-corrected chi connectivity index (χ2v) is 4.62. The topological polar surface area (TPSA) is 110 Å². The lowest BCUT2D eigenvalue weighted by atomic mass is 10.2. The van der Waals surface area contributed by atoms with Crippen molar-refractivity contribution in [2.45, 2.75) is 6.42 Å². The van der Waals surface area contributed by atoms with E-state index in [2.05, 4.69) is 5.32 Å². The van der Waals surface area contributed by atoms with Crippen LogP contribution in [0, 0.1) is 10.1 Å². The SMILES string of the molecule is O=C(O)CCSCC(=O)Nc1ccccc1[N+](=O)[O-]. The van der Waals surface area contributed by atoms with Crippen LogP contribution in [0.5, 0.6) is 0 Å². The van der Waals surface area contributed by atoms with Gasteiger partial charge in [0.2, 0.25) is 5.91 Å². The number of carbonyl (C=O) groups is 2. The van der Waals surface area contributed by atoms with Crippen LogP contribution in [0.1, 0.15) is 6.42 Å². The lowest BCUT2D eigenvalue weighted by molar-refractivity contribution is -0.383. The first-order valence-electron chi connectivity index (χ1n) is 5.33. The van der Waals surface area contributed by atoms with E-state index in [1.807, 2.05) is 0 Å². The molecule has 0 unspecified atom stereocenters. The minimum absolute atomic E-state index is 0.0244. The van der Waals surface area contributed by atoms with E-state index in [0.717, 1.165) is 11.8 Å². The summed E-state index contributed by atoms with van der Waals surface area (Å²) in [6, 6.07) is 5.83. The molecule has 0 spiro atoms. The van der Waals surface area contributed by atoms with Gasteiger partial charge < -0.3 is 10.4 Å². The van der Waals surface area contributed by atoms with E-state index in [-0.39, 0.29) is 23.5 Å². The number of anilines is 1. The Bertz CT molecular complexity index is 492. The molecule has 1 rings (SSSR count). The summed E-state index contributed by atoms with van der Waals surface area (Å²) >= 11 is 1.16. The molecule has 0 aliphatic carbocycles. The van der Waals surface area contributed by atoms with Crippen LogP contribution in [0.4, 0.5) is 11.4 Å². The Balaban J connectivity index is 2.48. The zero-order valence-corrected chi connectivity index (χ0v) is 10.7. The Kier molecular flexibility index (Phi) is 5.80. The maximum absolute atomic E-state index is 11.5. The molecular weight excluding hydrogens is 272 g/mol. The molecule has 8 heteroatoms. The fourth-order valence-corrected chi connectivity index (χ4v) is 1.97. The number of para-hydroxylation sites is 2. The van der Waals surface area contributed by atoms with E-state index in [1.54, 1.807) is 6.07 Å². The van der Waals surface area contributed by atoms with Crippen LogP contribution >= 0.6 is 11.8 Å². The lowest BCUT2D eigenvalue weighted by Gasteiger charge is -2.05. The summed E-state index contributed by atoms with van der Waals surface area (Å²) in [6.45, 7) is 0. The highest BCUT2D eigenvalue weighted by Gasteiger charge is 2.14. The third-order valence-corrected chi connectivity index (χ3v) is 3.03. The minimum Gasteiger partial charge on any atom is -0.481 e. The molecule has 1 aromatic rings. The van der Waals surface area contributed by atoms with Crippen molar-refractivity contribution in [2.24, 2.45) is 0 Å². The smallest absolute Gasteiger partial charge is 0.304 e. The van der Waals surface area contributed by atoms with Crippen LogP contribution in [0.3, 0.4) is 0 Å². The van der Waals surface area contributed by atoms with Gasteiger partial charge in [0.15, 0.2) is 0 Å². The van der Waals surface area contributed by atoms with Crippen LogP contribution in [0.25, 0.3) is 0 Å². The molecule has 0 heterocycles. The standard InChI is InChI=1S/C11H12N2O5S/c14-10(7-19-6-5-11(15)16)12-8-3-1-2-4-9(8)13(17)18/h1-4H,5-7H2,(H,12,14)(H,15,16). The van der Waals surface area contributed by atoms with E-state index in [4.69, 9.17) is 5.11 Å². The molecule has 0 aromatic heterocycles. The average Bonchev–Trinajstić information content (AvgIpc) is 2.35. The number of aliphatic carboxylic acids is 1. The highest BCUT2D eigenvalue weighted by molar-refractivity contribution is 7.99. The molecule has 0 radical (unpaired) electrons. The second-order valence-electron chi connectivity index (χ2n) is 3.52. The van der Waals surface area contributed by atoms with Crippen LogP contribution in [-0.4, -0.2) is 33.4 Å². The van der Waals surface area contributed by atoms with Gasteiger partial charge in [0.1, 0.15) is 5.69 Å². The predicted octanol–water partition coefficient (Wildman–Crippen LogP) is 1.74. The normalized spacial score (nSPS) is 9.89. The maximum Gasteiger partial charge on any atom is 0.304 e. The van der Waals surface area contributed by atoms with Gasteiger partial charge >= 0.3 is 5.97 Å². The molecule has 1 amide bonds. The number of hydrogen-bond donors (Lipinski definition) is 2. The number of nitro groups is 1. The molecule has 1 aromatic carbocycles. The van der Waals surface area contributed by atoms with Gasteiger partial charge in [0, 0.05) is 11.8 Å². The van der Waals surface area contributed by atoms with Crippen molar-refractivity contribution >= 4 is 35.0 Å². The quantitative estimate of drug-likeness (QED) is 0.448. The third-order valence-electron chi connectivity index (χ3n) is 2.07. The van der Waals surface area contributed by atoms with E-state index >= 15 is 0 Å². The number of carboxylic acids is 1. The van der Waals surface area contributed by atoms with Gasteiger partial charge in [-0.3, -0.25) is 19.7 Å². The van der Waals surface area contributed by atoms with Crippen molar-refractivity contribution in [3.63, 3.8) is 0 Å². The maximum atomic E-state index is 11.5. The summed E-state index contributed by atoms with van der Waals surface area (Å²) in [5.74, 6) is -0.949. The molecule has 0 atom stereocenters. The number of carboxylic acid groups (broad SMARTS) is 1. The summed E-state index contributed by atoms with van der Waals surface area (Å²) < 4.78 is 0. The van der Waals surface area contributed by atoms with Crippen LogP contribution in [-0.2, 0) is 9.59 Å². The van der Waals surface area contributed by atoms with Crippen molar-refractivity contribution in [1.82, 2.24) is 0 Å². The van der Waals surface area contributed by atoms with Gasteiger partial charge in [0.05, 0.1) is 17.1 Å². The number of benzene rings is 1. The number of rotatable bonds is 7. The number of carbonyl (C=O) groups excluding carboxylic acids is 1. The fraction of sp³-hybridized carbons (Fsp3) is 0.273. The molecule has 102 valence electrons. The monoisotopic (exact) mass is 284 g/mol. The Morgan fingerprint density at radius 3 is 2.68 bits per heavy atom. The average molecular weight is 284 g/mol. The Hall–Kier alpha value is -2.09. The Morgan fingerprint density at radius 1 is 1.37 bits per heavy atom. The number of nitrogens with one attached hydrogen (secondary N) is 1. The zero-order valence-electron chi connectivity index (χ0n) is 9.87. The van der Waals surface area contributed by atoms with Gasteiger partial charge in [-0.1, -0.05) is 12.1 Å². The highest BCUT2D eigenvalue weighted by atomic mass is 32.2. The summed E-state index contributed by atoms with van der Waals surface area (Å²) in [5, 5.41) is 21.6. The molecule has 0 aliphatic rings. The molecule has 19 heavy (non-hydrogen) atoms. The zero-order chi connectivity index (χ0) is 14.3. The first-order chi connectivity index (χ1) is 9.00. The molecule has 0 aliphatic heterocycles. The van der Waals surface area contributed by atoms with E-state index < -0.39 is 16.8 Å². The van der Waals surface area contributed by atoms with Crippen molar-refractivity contribution in [1.29, 1.82) is 0 Å². The highest BCUT2D eigenvalue weighted by Crippen LogP contribution is 2.23. The first-order valence-corrected chi connectivity index (χ1v) is 6.49. The van der Waals surface area contributed by atoms with Gasteiger partial charge in [-0.15, -0.1) is 0 Å². The number of hydrogen-bond acceptors (Lipinski definition) is 5. The summed E-state index contributed by atoms with van der Waals surface area (Å²) in [4.78, 5) is 31.9. The number of nitro benzene ring substituents is 1. The van der Waals surface area contributed by atoms with E-state index in [1.165, 1.54) is 18.2 Å². The lowest BCUT2D eigenvalue weighted by Crippen LogP contribution is -2.15. The summed E-state index contributed by atoms with van der Waals surface area (Å²) in [6.07, 6.45) is -0.0244. The van der Waals surface area contributed by atoms with Crippen molar-refractivity contribution in [2.75, 3.05) is 16.8 Å². The van der Waals surface area contributed by atoms with Crippen LogP contribution in [0.15, 0.2) is 24.3 Å². The summed E-state index contributed by atoms with van der Waals surface area (Å²) in [7, 11) is 0. The van der Waals surface area contributed by atoms with Gasteiger partial charge in [0.25, 0.3) is 5.69 Å². The Morgan fingerprint density at radius 2 is 2.05 bits per heavy atom. The molecule has 0 saturated heterocycles. The van der Waals surface area contributed by atoms with Gasteiger partial charge in [-0.2, -0.15) is 11.8 Å². The van der Waals surface area contributed by atoms with Crippen molar-refractivity contribution in [3.8, 4) is 0 Å². The number of nitrogens with zero attached hydrogens (tertiary/aromatic N) is 1. The minimum atomic E-state index is -0.924. The van der Waals surface area contributed by atoms with Crippen LogP contribution < -0.4 is 5.32 Å². The largest absolute Gasteiger partial charge is 0.481 e. The summed E-state index contributed by atoms with van der Waals surface area (Å²) in [5.41, 5.74) is -0.0391. The predicted molar refractivity (Wildman–Crippen MR) is 71.3 cm³/mol.